The number of rotatable bonds is 4. The summed E-state index contributed by atoms with van der Waals surface area (Å²) in [4.78, 5) is 11.6. The molecule has 4 heteroatoms. The van der Waals surface area contributed by atoms with E-state index in [-0.39, 0.29) is 11.8 Å². The molecule has 0 spiro atoms. The molecule has 1 aromatic rings. The first-order valence-corrected chi connectivity index (χ1v) is 7.24. The predicted octanol–water partition coefficient (Wildman–Crippen LogP) is 3.08. The second-order valence-corrected chi connectivity index (χ2v) is 5.18. The van der Waals surface area contributed by atoms with Gasteiger partial charge >= 0.3 is 6.03 Å². The number of phenolic OH excluding ortho intramolecular Hbond substituents is 1. The number of benzene rings is 1. The lowest BCUT2D eigenvalue weighted by atomic mass is 9.96. The van der Waals surface area contributed by atoms with E-state index in [1.807, 2.05) is 18.3 Å². The van der Waals surface area contributed by atoms with Crippen LogP contribution >= 0.6 is 0 Å². The van der Waals surface area contributed by atoms with Crippen molar-refractivity contribution in [2.75, 3.05) is 6.54 Å². The Morgan fingerprint density at radius 2 is 1.85 bits per heavy atom. The Labute approximate surface area is 119 Å². The van der Waals surface area contributed by atoms with Crippen molar-refractivity contribution in [3.8, 4) is 5.75 Å². The first kappa shape index (κ1) is 14.4. The lowest BCUT2D eigenvalue weighted by Crippen LogP contribution is -2.33. The monoisotopic (exact) mass is 274 g/mol. The second-order valence-electron chi connectivity index (χ2n) is 5.18. The topological polar surface area (TPSA) is 61.4 Å². The number of phenols is 1. The number of nitrogens with one attached hydrogen (secondary N) is 2. The number of allylic oxidation sites excluding steroid dienone is 1. The molecule has 108 valence electrons. The fourth-order valence-corrected chi connectivity index (χ4v) is 2.35. The lowest BCUT2D eigenvalue weighted by Gasteiger charge is -2.13. The van der Waals surface area contributed by atoms with Crippen LogP contribution in [0.1, 0.15) is 37.7 Å². The van der Waals surface area contributed by atoms with Crippen molar-refractivity contribution in [2.45, 2.75) is 38.5 Å². The molecule has 0 heterocycles. The Bertz CT molecular complexity index is 458. The van der Waals surface area contributed by atoms with E-state index in [9.17, 15) is 9.90 Å². The molecule has 0 saturated heterocycles. The third-order valence-corrected chi connectivity index (χ3v) is 3.54. The van der Waals surface area contributed by atoms with Gasteiger partial charge in [0.1, 0.15) is 5.75 Å². The second kappa shape index (κ2) is 7.58. The van der Waals surface area contributed by atoms with Gasteiger partial charge in [-0.05, 0) is 49.8 Å². The molecule has 1 aliphatic rings. The summed E-state index contributed by atoms with van der Waals surface area (Å²) in [5, 5.41) is 14.8. The van der Waals surface area contributed by atoms with Crippen molar-refractivity contribution in [1.82, 2.24) is 10.6 Å². The van der Waals surface area contributed by atoms with Gasteiger partial charge in [-0.2, -0.15) is 0 Å². The SMILES string of the molecule is O=C(NC=C1CCCCC1)NCCc1ccc(O)cc1. The minimum Gasteiger partial charge on any atom is -0.508 e. The van der Waals surface area contributed by atoms with Crippen LogP contribution in [0.2, 0.25) is 0 Å². The molecule has 2 rings (SSSR count). The van der Waals surface area contributed by atoms with E-state index in [4.69, 9.17) is 0 Å². The molecule has 20 heavy (non-hydrogen) atoms. The maximum Gasteiger partial charge on any atom is 0.318 e. The molecule has 0 bridgehead atoms. The minimum absolute atomic E-state index is 0.151. The molecular formula is C16H22N2O2. The molecule has 3 N–H and O–H groups in total. The summed E-state index contributed by atoms with van der Waals surface area (Å²) in [7, 11) is 0. The molecule has 2 amide bonds. The molecule has 1 fully saturated rings. The molecule has 1 aliphatic carbocycles. The van der Waals surface area contributed by atoms with Gasteiger partial charge in [-0.25, -0.2) is 4.79 Å². The number of hydrogen-bond acceptors (Lipinski definition) is 2. The van der Waals surface area contributed by atoms with Gasteiger partial charge in [0.25, 0.3) is 0 Å². The number of urea groups is 1. The highest BCUT2D eigenvalue weighted by atomic mass is 16.3. The van der Waals surface area contributed by atoms with Crippen LogP contribution in [0.15, 0.2) is 36.0 Å². The Kier molecular flexibility index (Phi) is 5.47. The Morgan fingerprint density at radius 3 is 2.55 bits per heavy atom. The van der Waals surface area contributed by atoms with Crippen LogP contribution in [0, 0.1) is 0 Å². The van der Waals surface area contributed by atoms with Gasteiger partial charge in [0.2, 0.25) is 0 Å². The predicted molar refractivity (Wildman–Crippen MR) is 79.5 cm³/mol. The van der Waals surface area contributed by atoms with E-state index in [1.54, 1.807) is 12.1 Å². The quantitative estimate of drug-likeness (QED) is 0.790. The number of aromatic hydroxyl groups is 1. The molecule has 0 aliphatic heterocycles. The normalized spacial score (nSPS) is 14.7. The summed E-state index contributed by atoms with van der Waals surface area (Å²) in [5.74, 6) is 0.263. The van der Waals surface area contributed by atoms with Gasteiger partial charge in [-0.1, -0.05) is 24.1 Å². The van der Waals surface area contributed by atoms with Crippen LogP contribution in [-0.4, -0.2) is 17.7 Å². The smallest absolute Gasteiger partial charge is 0.318 e. The Balaban J connectivity index is 1.66. The van der Waals surface area contributed by atoms with E-state index < -0.39 is 0 Å². The van der Waals surface area contributed by atoms with E-state index >= 15 is 0 Å². The number of hydrogen-bond donors (Lipinski definition) is 3. The standard InChI is InChI=1S/C16H22N2O2/c19-15-8-6-13(7-9-15)10-11-17-16(20)18-12-14-4-2-1-3-5-14/h6-9,12,19H,1-5,10-11H2,(H2,17,18,20). The maximum absolute atomic E-state index is 11.6. The molecule has 0 atom stereocenters. The molecule has 0 unspecified atom stereocenters. The van der Waals surface area contributed by atoms with Crippen LogP contribution in [0.5, 0.6) is 5.75 Å². The first-order chi connectivity index (χ1) is 9.74. The minimum atomic E-state index is -0.151. The van der Waals surface area contributed by atoms with Crippen molar-refractivity contribution in [1.29, 1.82) is 0 Å². The van der Waals surface area contributed by atoms with E-state index in [1.165, 1.54) is 24.8 Å². The fourth-order valence-electron chi connectivity index (χ4n) is 2.35. The average Bonchev–Trinajstić information content (AvgIpc) is 2.48. The summed E-state index contributed by atoms with van der Waals surface area (Å²) in [6.45, 7) is 0.583. The van der Waals surface area contributed by atoms with Gasteiger partial charge in [-0.3, -0.25) is 0 Å². The van der Waals surface area contributed by atoms with Crippen LogP contribution < -0.4 is 10.6 Å². The summed E-state index contributed by atoms with van der Waals surface area (Å²) < 4.78 is 0. The van der Waals surface area contributed by atoms with Crippen LogP contribution in [0.25, 0.3) is 0 Å². The summed E-state index contributed by atoms with van der Waals surface area (Å²) >= 11 is 0. The van der Waals surface area contributed by atoms with E-state index in [0.717, 1.165) is 24.8 Å². The zero-order valence-corrected chi connectivity index (χ0v) is 11.7. The van der Waals surface area contributed by atoms with Crippen LogP contribution in [0.4, 0.5) is 4.79 Å². The summed E-state index contributed by atoms with van der Waals surface area (Å²) in [6.07, 6.45) is 8.59. The molecule has 4 nitrogen and oxygen atoms in total. The number of carbonyl (C=O) groups is 1. The van der Waals surface area contributed by atoms with Gasteiger partial charge in [0, 0.05) is 12.7 Å². The largest absolute Gasteiger partial charge is 0.508 e. The third-order valence-electron chi connectivity index (χ3n) is 3.54. The Morgan fingerprint density at radius 1 is 1.15 bits per heavy atom. The highest BCUT2D eigenvalue weighted by Crippen LogP contribution is 2.21. The zero-order valence-electron chi connectivity index (χ0n) is 11.7. The fraction of sp³-hybridized carbons (Fsp3) is 0.438. The van der Waals surface area contributed by atoms with Gasteiger partial charge in [-0.15, -0.1) is 0 Å². The molecule has 1 aromatic carbocycles. The highest BCUT2D eigenvalue weighted by molar-refractivity contribution is 5.74. The van der Waals surface area contributed by atoms with Gasteiger partial charge in [0.05, 0.1) is 0 Å². The van der Waals surface area contributed by atoms with E-state index in [0.29, 0.717) is 6.54 Å². The van der Waals surface area contributed by atoms with Crippen molar-refractivity contribution < 1.29 is 9.90 Å². The molecule has 0 radical (unpaired) electrons. The molecule has 0 aromatic heterocycles. The number of amides is 2. The lowest BCUT2D eigenvalue weighted by molar-refractivity contribution is 0.244. The van der Waals surface area contributed by atoms with E-state index in [2.05, 4.69) is 10.6 Å². The average molecular weight is 274 g/mol. The highest BCUT2D eigenvalue weighted by Gasteiger charge is 2.05. The van der Waals surface area contributed by atoms with Crippen molar-refractivity contribution in [3.63, 3.8) is 0 Å². The summed E-state index contributed by atoms with van der Waals surface area (Å²) in [5.41, 5.74) is 2.43. The van der Waals surface area contributed by atoms with Crippen molar-refractivity contribution >= 4 is 6.03 Å². The van der Waals surface area contributed by atoms with Crippen molar-refractivity contribution in [2.24, 2.45) is 0 Å². The third kappa shape index (κ3) is 4.96. The number of carbonyl (C=O) groups excluding carboxylic acids is 1. The molecular weight excluding hydrogens is 252 g/mol. The first-order valence-electron chi connectivity index (χ1n) is 7.24. The maximum atomic E-state index is 11.6. The van der Waals surface area contributed by atoms with Gasteiger partial charge in [0.15, 0.2) is 0 Å². The van der Waals surface area contributed by atoms with Crippen LogP contribution in [-0.2, 0) is 6.42 Å². The van der Waals surface area contributed by atoms with Gasteiger partial charge < -0.3 is 15.7 Å². The molecule has 1 saturated carbocycles. The zero-order chi connectivity index (χ0) is 14.2. The Hall–Kier alpha value is -1.97. The van der Waals surface area contributed by atoms with Crippen LogP contribution in [0.3, 0.4) is 0 Å². The van der Waals surface area contributed by atoms with Crippen molar-refractivity contribution in [3.05, 3.63) is 41.6 Å². The summed E-state index contributed by atoms with van der Waals surface area (Å²) in [6, 6.07) is 6.88.